The molecule has 1 aromatic heterocycles. The quantitative estimate of drug-likeness (QED) is 0.821. The molecular formula is C19H19ClN2O3. The third-order valence-electron chi connectivity index (χ3n) is 4.42. The number of nitrogens with one attached hydrogen (secondary N) is 1. The maximum absolute atomic E-state index is 12.7. The molecular weight excluding hydrogens is 340 g/mol. The predicted octanol–water partition coefficient (Wildman–Crippen LogP) is 3.46. The number of benzene rings is 1. The number of carbonyl (C=O) groups excluding carboxylic acids is 2. The molecule has 1 aromatic carbocycles. The van der Waals surface area contributed by atoms with Gasteiger partial charge in [0.05, 0.1) is 16.5 Å². The zero-order chi connectivity index (χ0) is 18.0. The van der Waals surface area contributed by atoms with Gasteiger partial charge in [0.2, 0.25) is 5.91 Å². The van der Waals surface area contributed by atoms with E-state index in [1.807, 2.05) is 30.4 Å². The topological polar surface area (TPSA) is 85.3 Å². The smallest absolute Gasteiger partial charge is 0.255 e. The first kappa shape index (κ1) is 17.3. The predicted molar refractivity (Wildman–Crippen MR) is 96.2 cm³/mol. The second-order valence-corrected chi connectivity index (χ2v) is 6.50. The lowest BCUT2D eigenvalue weighted by atomic mass is 9.88. The summed E-state index contributed by atoms with van der Waals surface area (Å²) >= 11 is 6.19. The number of aryl methyl sites for hydroxylation is 1. The van der Waals surface area contributed by atoms with Crippen LogP contribution in [0, 0.1) is 12.8 Å². The van der Waals surface area contributed by atoms with E-state index >= 15 is 0 Å². The SMILES string of the molecule is Cc1oc(-c2ccccc2Cl)cc1C(=O)N[C@H]1CC=CC[C@H]1C(N)=O. The van der Waals surface area contributed by atoms with Crippen LogP contribution in [0.2, 0.25) is 5.02 Å². The Labute approximate surface area is 150 Å². The number of primary amides is 1. The number of furan rings is 1. The molecule has 0 aliphatic heterocycles. The Morgan fingerprint density at radius 1 is 1.24 bits per heavy atom. The average molecular weight is 359 g/mol. The molecule has 0 fully saturated rings. The summed E-state index contributed by atoms with van der Waals surface area (Å²) < 4.78 is 5.72. The second kappa shape index (κ2) is 7.15. The molecule has 5 nitrogen and oxygen atoms in total. The van der Waals surface area contributed by atoms with Gasteiger partial charge >= 0.3 is 0 Å². The van der Waals surface area contributed by atoms with E-state index in [4.69, 9.17) is 21.8 Å². The fourth-order valence-electron chi connectivity index (χ4n) is 3.04. The second-order valence-electron chi connectivity index (χ2n) is 6.09. The first-order chi connectivity index (χ1) is 12.0. The Morgan fingerprint density at radius 3 is 2.68 bits per heavy atom. The normalized spacial score (nSPS) is 19.6. The first-order valence-corrected chi connectivity index (χ1v) is 8.45. The highest BCUT2D eigenvalue weighted by atomic mass is 35.5. The fraction of sp³-hybridized carbons (Fsp3) is 0.263. The Morgan fingerprint density at radius 2 is 1.96 bits per heavy atom. The zero-order valence-electron chi connectivity index (χ0n) is 13.8. The van der Waals surface area contributed by atoms with Gasteiger partial charge in [0.1, 0.15) is 11.5 Å². The van der Waals surface area contributed by atoms with Gasteiger partial charge < -0.3 is 15.5 Å². The average Bonchev–Trinajstić information content (AvgIpc) is 2.97. The van der Waals surface area contributed by atoms with Gasteiger partial charge in [-0.2, -0.15) is 0 Å². The van der Waals surface area contributed by atoms with Crippen LogP contribution in [0.25, 0.3) is 11.3 Å². The van der Waals surface area contributed by atoms with Gasteiger partial charge in [-0.05, 0) is 38.0 Å². The number of nitrogens with two attached hydrogens (primary N) is 1. The van der Waals surface area contributed by atoms with Crippen molar-refractivity contribution in [1.29, 1.82) is 0 Å². The van der Waals surface area contributed by atoms with E-state index in [9.17, 15) is 9.59 Å². The number of hydrogen-bond donors (Lipinski definition) is 2. The molecule has 0 saturated carbocycles. The van der Waals surface area contributed by atoms with Crippen molar-refractivity contribution in [3.05, 3.63) is 58.8 Å². The molecule has 1 aliphatic carbocycles. The highest BCUT2D eigenvalue weighted by Crippen LogP contribution is 2.31. The van der Waals surface area contributed by atoms with Crippen molar-refractivity contribution in [2.24, 2.45) is 11.7 Å². The van der Waals surface area contributed by atoms with Crippen molar-refractivity contribution in [1.82, 2.24) is 5.32 Å². The molecule has 0 spiro atoms. The molecule has 1 heterocycles. The van der Waals surface area contributed by atoms with Gasteiger partial charge in [0.15, 0.2) is 0 Å². The molecule has 0 unspecified atom stereocenters. The highest BCUT2D eigenvalue weighted by Gasteiger charge is 2.29. The highest BCUT2D eigenvalue weighted by molar-refractivity contribution is 6.33. The molecule has 2 amide bonds. The van der Waals surface area contributed by atoms with E-state index in [0.717, 1.165) is 5.56 Å². The van der Waals surface area contributed by atoms with Crippen LogP contribution in [0.3, 0.4) is 0 Å². The maximum Gasteiger partial charge on any atom is 0.255 e. The van der Waals surface area contributed by atoms with Crippen LogP contribution in [-0.2, 0) is 4.79 Å². The summed E-state index contributed by atoms with van der Waals surface area (Å²) in [6, 6.07) is 8.63. The fourth-order valence-corrected chi connectivity index (χ4v) is 3.26. The number of hydrogen-bond acceptors (Lipinski definition) is 3. The van der Waals surface area contributed by atoms with Gasteiger partial charge in [-0.15, -0.1) is 0 Å². The Bertz CT molecular complexity index is 841. The molecule has 6 heteroatoms. The zero-order valence-corrected chi connectivity index (χ0v) is 14.5. The molecule has 2 aromatic rings. The summed E-state index contributed by atoms with van der Waals surface area (Å²) in [4.78, 5) is 24.2. The summed E-state index contributed by atoms with van der Waals surface area (Å²) in [5.74, 6) is -0.0664. The monoisotopic (exact) mass is 358 g/mol. The molecule has 130 valence electrons. The van der Waals surface area contributed by atoms with Gasteiger partial charge in [-0.1, -0.05) is 35.9 Å². The summed E-state index contributed by atoms with van der Waals surface area (Å²) in [6.45, 7) is 1.72. The Balaban J connectivity index is 1.82. The standard InChI is InChI=1S/C19H19ClN2O3/c1-11-14(10-17(25-11)12-6-2-4-8-15(12)20)19(24)22-16-9-5-3-7-13(16)18(21)23/h2-6,8,10,13,16H,7,9H2,1H3,(H2,21,23)(H,22,24)/t13-,16+/m1/s1. The number of allylic oxidation sites excluding steroid dienone is 1. The lowest BCUT2D eigenvalue weighted by Gasteiger charge is -2.26. The molecule has 3 rings (SSSR count). The van der Waals surface area contributed by atoms with E-state index in [1.54, 1.807) is 19.1 Å². The van der Waals surface area contributed by atoms with Gasteiger partial charge in [-0.25, -0.2) is 0 Å². The lowest BCUT2D eigenvalue weighted by Crippen LogP contribution is -2.46. The van der Waals surface area contributed by atoms with E-state index in [0.29, 0.717) is 34.9 Å². The first-order valence-electron chi connectivity index (χ1n) is 8.08. The van der Waals surface area contributed by atoms with Crippen molar-refractivity contribution < 1.29 is 14.0 Å². The van der Waals surface area contributed by atoms with Crippen molar-refractivity contribution >= 4 is 23.4 Å². The van der Waals surface area contributed by atoms with Crippen molar-refractivity contribution in [2.75, 3.05) is 0 Å². The van der Waals surface area contributed by atoms with Crippen LogP contribution < -0.4 is 11.1 Å². The Hall–Kier alpha value is -2.53. The number of carbonyl (C=O) groups is 2. The van der Waals surface area contributed by atoms with Gasteiger partial charge in [0, 0.05) is 11.6 Å². The molecule has 1 aliphatic rings. The van der Waals surface area contributed by atoms with Gasteiger partial charge in [0.25, 0.3) is 5.91 Å². The number of rotatable bonds is 4. The van der Waals surface area contributed by atoms with Crippen molar-refractivity contribution in [2.45, 2.75) is 25.8 Å². The minimum atomic E-state index is -0.407. The summed E-state index contributed by atoms with van der Waals surface area (Å²) in [6.07, 6.45) is 4.97. The van der Waals surface area contributed by atoms with E-state index in [2.05, 4.69) is 5.32 Å². The minimum absolute atomic E-state index is 0.286. The van der Waals surface area contributed by atoms with Crippen LogP contribution in [-0.4, -0.2) is 17.9 Å². The number of halogens is 1. The van der Waals surface area contributed by atoms with Crippen LogP contribution in [0.4, 0.5) is 0 Å². The third kappa shape index (κ3) is 3.61. The van der Waals surface area contributed by atoms with Crippen molar-refractivity contribution in [3.63, 3.8) is 0 Å². The molecule has 0 saturated heterocycles. The van der Waals surface area contributed by atoms with E-state index in [-0.39, 0.29) is 11.9 Å². The molecule has 0 bridgehead atoms. The summed E-state index contributed by atoms with van der Waals surface area (Å²) in [5.41, 5.74) is 6.59. The number of amides is 2. The van der Waals surface area contributed by atoms with Crippen LogP contribution in [0.1, 0.15) is 29.0 Å². The van der Waals surface area contributed by atoms with Gasteiger partial charge in [-0.3, -0.25) is 9.59 Å². The Kier molecular flexibility index (Phi) is 4.95. The molecule has 25 heavy (non-hydrogen) atoms. The largest absolute Gasteiger partial charge is 0.460 e. The summed E-state index contributed by atoms with van der Waals surface area (Å²) in [5, 5.41) is 3.45. The van der Waals surface area contributed by atoms with Crippen LogP contribution >= 0.6 is 11.6 Å². The van der Waals surface area contributed by atoms with Crippen molar-refractivity contribution in [3.8, 4) is 11.3 Å². The lowest BCUT2D eigenvalue weighted by molar-refractivity contribution is -0.122. The maximum atomic E-state index is 12.7. The molecule has 3 N–H and O–H groups in total. The summed E-state index contributed by atoms with van der Waals surface area (Å²) in [7, 11) is 0. The molecule has 0 radical (unpaired) electrons. The molecule has 2 atom stereocenters. The minimum Gasteiger partial charge on any atom is -0.460 e. The third-order valence-corrected chi connectivity index (χ3v) is 4.75. The van der Waals surface area contributed by atoms with E-state index in [1.165, 1.54) is 0 Å². The van der Waals surface area contributed by atoms with Crippen LogP contribution in [0.15, 0.2) is 46.9 Å². The van der Waals surface area contributed by atoms with Crippen LogP contribution in [0.5, 0.6) is 0 Å². The van der Waals surface area contributed by atoms with E-state index < -0.39 is 11.8 Å².